The number of hydrogen-bond acceptors (Lipinski definition) is 7. The van der Waals surface area contributed by atoms with Gasteiger partial charge in [-0.15, -0.1) is 0 Å². The number of hydrogen-bond donors (Lipinski definition) is 4. The van der Waals surface area contributed by atoms with Crippen molar-refractivity contribution in [2.75, 3.05) is 20.3 Å². The minimum Gasteiger partial charge on any atom is -0.490 e. The van der Waals surface area contributed by atoms with Crippen molar-refractivity contribution in [1.82, 2.24) is 16.0 Å². The number of carbonyl (C=O) groups is 4. The number of carbonyl (C=O) groups excluding carboxylic acids is 4. The Bertz CT molecular complexity index is 871. The van der Waals surface area contributed by atoms with Crippen molar-refractivity contribution in [1.29, 1.82) is 0 Å². The van der Waals surface area contributed by atoms with Crippen molar-refractivity contribution in [2.24, 2.45) is 5.73 Å². The topological polar surface area (TPSA) is 149 Å². The van der Waals surface area contributed by atoms with Gasteiger partial charge in [-0.3, -0.25) is 14.4 Å². The van der Waals surface area contributed by atoms with Gasteiger partial charge in [-0.05, 0) is 49.9 Å². The lowest BCUT2D eigenvalue weighted by Crippen LogP contribution is -2.56. The zero-order valence-electron chi connectivity index (χ0n) is 19.7. The fourth-order valence-corrected chi connectivity index (χ4v) is 3.52. The van der Waals surface area contributed by atoms with E-state index in [2.05, 4.69) is 16.0 Å². The largest absolute Gasteiger partial charge is 0.490 e. The normalized spacial score (nSPS) is 21.6. The van der Waals surface area contributed by atoms with Gasteiger partial charge in [0.05, 0.1) is 7.11 Å². The maximum Gasteiger partial charge on any atom is 0.328 e. The molecule has 3 amide bonds. The Morgan fingerprint density at radius 2 is 1.85 bits per heavy atom. The number of unbranched alkanes of at least 4 members (excludes halogenated alkanes) is 1. The fraction of sp³-hybridized carbons (Fsp3) is 0.500. The average molecular weight is 475 g/mol. The molecule has 10 heteroatoms. The highest BCUT2D eigenvalue weighted by atomic mass is 16.5. The van der Waals surface area contributed by atoms with Gasteiger partial charge in [0.15, 0.2) is 0 Å². The molecule has 2 aliphatic heterocycles. The first-order valence-electron chi connectivity index (χ1n) is 11.4. The molecule has 0 aliphatic carbocycles. The molecule has 0 spiro atoms. The first kappa shape index (κ1) is 26.8. The van der Waals surface area contributed by atoms with E-state index in [0.717, 1.165) is 5.56 Å². The fourth-order valence-electron chi connectivity index (χ4n) is 3.52. The quantitative estimate of drug-likeness (QED) is 0.264. The molecule has 3 rings (SSSR count). The molecule has 0 saturated heterocycles. The number of nitrogens with one attached hydrogen (secondary N) is 3. The summed E-state index contributed by atoms with van der Waals surface area (Å²) < 4.78 is 10.5. The summed E-state index contributed by atoms with van der Waals surface area (Å²) in [6, 6.07) is 4.47. The van der Waals surface area contributed by atoms with Gasteiger partial charge >= 0.3 is 5.97 Å². The third-order valence-corrected chi connectivity index (χ3v) is 5.32. The Hall–Kier alpha value is -3.40. The van der Waals surface area contributed by atoms with Crippen LogP contribution in [0.3, 0.4) is 0 Å². The third-order valence-electron chi connectivity index (χ3n) is 5.32. The molecule has 5 N–H and O–H groups in total. The van der Waals surface area contributed by atoms with Crippen LogP contribution in [0.1, 0.15) is 38.2 Å². The van der Waals surface area contributed by atoms with Gasteiger partial charge in [0, 0.05) is 13.3 Å². The highest BCUT2D eigenvalue weighted by molar-refractivity contribution is 5.93. The van der Waals surface area contributed by atoms with Crippen LogP contribution >= 0.6 is 0 Å². The van der Waals surface area contributed by atoms with Crippen molar-refractivity contribution in [3.63, 3.8) is 0 Å². The van der Waals surface area contributed by atoms with E-state index in [9.17, 15) is 19.2 Å². The van der Waals surface area contributed by atoms with Crippen LogP contribution in [0.25, 0.3) is 0 Å². The van der Waals surface area contributed by atoms with Crippen molar-refractivity contribution >= 4 is 23.7 Å². The molecular weight excluding hydrogens is 440 g/mol. The predicted molar refractivity (Wildman–Crippen MR) is 126 cm³/mol. The van der Waals surface area contributed by atoms with Gasteiger partial charge in [-0.25, -0.2) is 4.79 Å². The molecule has 1 aromatic carbocycles. The summed E-state index contributed by atoms with van der Waals surface area (Å²) in [4.78, 5) is 50.1. The molecule has 10 nitrogen and oxygen atoms in total. The van der Waals surface area contributed by atoms with Crippen LogP contribution in [0.5, 0.6) is 5.75 Å². The number of fused-ring (bicyclic) bond motifs is 13. The van der Waals surface area contributed by atoms with E-state index in [4.69, 9.17) is 15.2 Å². The lowest BCUT2D eigenvalue weighted by atomic mass is 10.0. The van der Waals surface area contributed by atoms with Crippen LogP contribution in [0.2, 0.25) is 0 Å². The van der Waals surface area contributed by atoms with Crippen LogP contribution in [0.15, 0.2) is 36.4 Å². The summed E-state index contributed by atoms with van der Waals surface area (Å²) in [6.45, 7) is 2.05. The Balaban J connectivity index is 2.34. The average Bonchev–Trinajstić information content (AvgIpc) is 2.81. The van der Waals surface area contributed by atoms with Crippen molar-refractivity contribution < 1.29 is 28.7 Å². The Labute approximate surface area is 199 Å². The number of amides is 3. The number of methoxy groups -OCH3 is 1. The zero-order chi connectivity index (χ0) is 24.9. The van der Waals surface area contributed by atoms with Gasteiger partial charge < -0.3 is 31.2 Å². The van der Waals surface area contributed by atoms with Crippen LogP contribution in [0, 0.1) is 0 Å². The van der Waals surface area contributed by atoms with Gasteiger partial charge in [0.2, 0.25) is 17.7 Å². The van der Waals surface area contributed by atoms with Gasteiger partial charge in [0.25, 0.3) is 0 Å². The number of ether oxygens (including phenoxy) is 2. The van der Waals surface area contributed by atoms with Crippen LogP contribution in [0.4, 0.5) is 0 Å². The van der Waals surface area contributed by atoms with E-state index >= 15 is 0 Å². The predicted octanol–water partition coefficient (Wildman–Crippen LogP) is 0.344. The highest BCUT2D eigenvalue weighted by Gasteiger charge is 2.29. The molecule has 186 valence electrons. The SMILES string of the molecule is COC(=O)C1CC=CCOc2ccc(cc2)CC(NC(C)=O)C(=O)NC(CCCCN)C(=O)N1. The molecule has 2 heterocycles. The maximum atomic E-state index is 13.1. The molecule has 0 radical (unpaired) electrons. The van der Waals surface area contributed by atoms with Crippen LogP contribution in [-0.4, -0.2) is 62.1 Å². The Morgan fingerprint density at radius 3 is 2.50 bits per heavy atom. The lowest BCUT2D eigenvalue weighted by Gasteiger charge is -2.24. The summed E-state index contributed by atoms with van der Waals surface area (Å²) >= 11 is 0. The molecule has 0 aromatic heterocycles. The molecule has 2 aliphatic rings. The Kier molecular flexibility index (Phi) is 11.0. The van der Waals surface area contributed by atoms with Gasteiger partial charge in [-0.1, -0.05) is 24.3 Å². The van der Waals surface area contributed by atoms with Crippen LogP contribution < -0.4 is 26.4 Å². The van der Waals surface area contributed by atoms with Crippen LogP contribution in [-0.2, 0) is 30.3 Å². The summed E-state index contributed by atoms with van der Waals surface area (Å²) in [5.41, 5.74) is 6.39. The van der Waals surface area contributed by atoms with Crippen molar-refractivity contribution in [2.45, 2.75) is 57.2 Å². The molecule has 0 fully saturated rings. The standard InChI is InChI=1S/C24H34N4O6/c1-16(29)26-21-15-17-9-11-18(12-10-17)34-14-6-4-8-20(24(32)33-2)28-22(30)19(27-23(21)31)7-3-5-13-25/h4,6,9-12,19-21H,3,5,7-8,13-15,25H2,1-2H3,(H,26,29)(H,27,31)(H,28,30). The molecular formula is C24H34N4O6. The third kappa shape index (κ3) is 8.86. The molecule has 3 atom stereocenters. The summed E-state index contributed by atoms with van der Waals surface area (Å²) in [6.07, 6.45) is 5.50. The summed E-state index contributed by atoms with van der Waals surface area (Å²) in [7, 11) is 1.24. The number of esters is 1. The Morgan fingerprint density at radius 1 is 1.12 bits per heavy atom. The molecule has 3 unspecified atom stereocenters. The summed E-state index contributed by atoms with van der Waals surface area (Å²) in [5, 5.41) is 8.06. The lowest BCUT2D eigenvalue weighted by molar-refractivity contribution is -0.145. The molecule has 34 heavy (non-hydrogen) atoms. The van der Waals surface area contributed by atoms with E-state index < -0.39 is 35.9 Å². The second-order valence-electron chi connectivity index (χ2n) is 8.05. The minimum absolute atomic E-state index is 0.193. The number of rotatable bonds is 6. The minimum atomic E-state index is -0.927. The molecule has 0 saturated carbocycles. The van der Waals surface area contributed by atoms with Crippen molar-refractivity contribution in [3.05, 3.63) is 42.0 Å². The smallest absolute Gasteiger partial charge is 0.328 e. The van der Waals surface area contributed by atoms with E-state index in [-0.39, 0.29) is 25.4 Å². The number of benzene rings is 1. The first-order chi connectivity index (χ1) is 16.3. The van der Waals surface area contributed by atoms with Gasteiger partial charge in [-0.2, -0.15) is 0 Å². The van der Waals surface area contributed by atoms with E-state index in [1.54, 1.807) is 24.3 Å². The highest BCUT2D eigenvalue weighted by Crippen LogP contribution is 2.14. The van der Waals surface area contributed by atoms with Crippen molar-refractivity contribution in [3.8, 4) is 5.75 Å². The van der Waals surface area contributed by atoms with E-state index in [0.29, 0.717) is 31.6 Å². The molecule has 1 aromatic rings. The monoisotopic (exact) mass is 474 g/mol. The van der Waals surface area contributed by atoms with E-state index in [1.807, 2.05) is 12.1 Å². The van der Waals surface area contributed by atoms with E-state index in [1.165, 1.54) is 14.0 Å². The maximum absolute atomic E-state index is 13.1. The zero-order valence-corrected chi connectivity index (χ0v) is 19.7. The first-order valence-corrected chi connectivity index (χ1v) is 11.4. The number of nitrogens with two attached hydrogens (primary N) is 1. The second kappa shape index (κ2) is 14.0. The second-order valence-corrected chi connectivity index (χ2v) is 8.05. The van der Waals surface area contributed by atoms with Gasteiger partial charge in [0.1, 0.15) is 30.5 Å². The molecule has 2 bridgehead atoms. The summed E-state index contributed by atoms with van der Waals surface area (Å²) in [5.74, 6) is -1.35.